The summed E-state index contributed by atoms with van der Waals surface area (Å²) >= 11 is 1.35. The van der Waals surface area contributed by atoms with Gasteiger partial charge in [0, 0.05) is 18.0 Å². The zero-order chi connectivity index (χ0) is 15.2. The Bertz CT molecular complexity index is 743. The second-order valence-electron chi connectivity index (χ2n) is 4.69. The van der Waals surface area contributed by atoms with Crippen molar-refractivity contribution in [3.05, 3.63) is 78.6 Å². The van der Waals surface area contributed by atoms with Crippen LogP contribution in [0.1, 0.15) is 10.4 Å². The molecule has 1 heterocycles. The number of hydrogen-bond donors (Lipinski definition) is 0. The van der Waals surface area contributed by atoms with Crippen LogP contribution in [0.2, 0.25) is 0 Å². The van der Waals surface area contributed by atoms with Crippen LogP contribution in [0, 0.1) is 0 Å². The second kappa shape index (κ2) is 7.00. The summed E-state index contributed by atoms with van der Waals surface area (Å²) in [5.74, 6) is 0.423. The highest BCUT2D eigenvalue weighted by molar-refractivity contribution is 7.99. The maximum absolute atomic E-state index is 12.2. The van der Waals surface area contributed by atoms with Gasteiger partial charge in [-0.05, 0) is 17.2 Å². The van der Waals surface area contributed by atoms with Crippen LogP contribution >= 0.6 is 11.8 Å². The van der Waals surface area contributed by atoms with Crippen molar-refractivity contribution in [2.24, 2.45) is 0 Å². The van der Waals surface area contributed by atoms with Crippen molar-refractivity contribution in [2.45, 2.75) is 5.16 Å². The molecule has 0 aliphatic carbocycles. The summed E-state index contributed by atoms with van der Waals surface area (Å²) < 4.78 is 0. The van der Waals surface area contributed by atoms with Crippen LogP contribution in [0.4, 0.5) is 0 Å². The third-order valence-corrected chi connectivity index (χ3v) is 4.06. The molecule has 0 fully saturated rings. The first-order valence-electron chi connectivity index (χ1n) is 6.91. The second-order valence-corrected chi connectivity index (χ2v) is 5.63. The Morgan fingerprint density at radius 1 is 0.818 bits per heavy atom. The largest absolute Gasteiger partial charge is 0.293 e. The molecule has 0 unspecified atom stereocenters. The first kappa shape index (κ1) is 14.5. The molecule has 1 aromatic heterocycles. The molecule has 4 heteroatoms. The molecule has 0 spiro atoms. The Morgan fingerprint density at radius 2 is 1.45 bits per heavy atom. The summed E-state index contributed by atoms with van der Waals surface area (Å²) in [5, 5.41) is 0.622. The fourth-order valence-electron chi connectivity index (χ4n) is 2.05. The van der Waals surface area contributed by atoms with Gasteiger partial charge in [-0.15, -0.1) is 0 Å². The van der Waals surface area contributed by atoms with Crippen molar-refractivity contribution in [3.8, 4) is 11.1 Å². The molecule has 2 aromatic carbocycles. The average molecular weight is 306 g/mol. The molecule has 0 bridgehead atoms. The van der Waals surface area contributed by atoms with Crippen LogP contribution in [0.25, 0.3) is 11.1 Å². The highest BCUT2D eigenvalue weighted by atomic mass is 32.2. The predicted octanol–water partition coefficient (Wildman–Crippen LogP) is 4.12. The molecule has 0 radical (unpaired) electrons. The first-order chi connectivity index (χ1) is 10.8. The van der Waals surface area contributed by atoms with Gasteiger partial charge in [0.15, 0.2) is 10.9 Å². The maximum Gasteiger partial charge on any atom is 0.187 e. The Kier molecular flexibility index (Phi) is 4.61. The number of Topliss-reactive ketones (excluding diaryl/α,β-unsaturated/α-hetero) is 1. The average Bonchev–Trinajstić information content (AvgIpc) is 2.61. The molecule has 3 rings (SSSR count). The van der Waals surface area contributed by atoms with Crippen molar-refractivity contribution in [2.75, 3.05) is 5.75 Å². The lowest BCUT2D eigenvalue weighted by molar-refractivity contribution is 0.102. The van der Waals surface area contributed by atoms with Gasteiger partial charge in [0.25, 0.3) is 0 Å². The van der Waals surface area contributed by atoms with Crippen molar-refractivity contribution in [1.82, 2.24) is 9.97 Å². The topological polar surface area (TPSA) is 42.9 Å². The lowest BCUT2D eigenvalue weighted by Crippen LogP contribution is -2.02. The third-order valence-electron chi connectivity index (χ3n) is 3.19. The molecular weight excluding hydrogens is 292 g/mol. The van der Waals surface area contributed by atoms with Crippen molar-refractivity contribution in [1.29, 1.82) is 0 Å². The smallest absolute Gasteiger partial charge is 0.187 e. The third kappa shape index (κ3) is 3.59. The minimum absolute atomic E-state index is 0.0806. The van der Waals surface area contributed by atoms with Crippen LogP contribution < -0.4 is 0 Å². The number of rotatable bonds is 5. The summed E-state index contributed by atoms with van der Waals surface area (Å²) in [6.07, 6.45) is 3.35. The number of hydrogen-bond acceptors (Lipinski definition) is 4. The lowest BCUT2D eigenvalue weighted by atomic mass is 10.0. The zero-order valence-electron chi connectivity index (χ0n) is 11.8. The summed E-state index contributed by atoms with van der Waals surface area (Å²) in [6.45, 7) is 0. The molecule has 22 heavy (non-hydrogen) atoms. The van der Waals surface area contributed by atoms with Gasteiger partial charge in [-0.2, -0.15) is 0 Å². The van der Waals surface area contributed by atoms with E-state index in [4.69, 9.17) is 0 Å². The molecule has 0 aliphatic heterocycles. The number of thioether (sulfide) groups is 1. The first-order valence-corrected chi connectivity index (χ1v) is 7.90. The van der Waals surface area contributed by atoms with E-state index in [1.54, 1.807) is 18.5 Å². The standard InChI is InChI=1S/C18H14N2OS/c21-17(13-22-18-19-11-4-12-20-18)16-9-7-15(8-10-16)14-5-2-1-3-6-14/h1-12H,13H2. The fourth-order valence-corrected chi connectivity index (χ4v) is 2.75. The van der Waals surface area contributed by atoms with E-state index < -0.39 is 0 Å². The number of aromatic nitrogens is 2. The van der Waals surface area contributed by atoms with Crippen LogP contribution in [0.3, 0.4) is 0 Å². The number of carbonyl (C=O) groups is 1. The summed E-state index contributed by atoms with van der Waals surface area (Å²) in [4.78, 5) is 20.4. The summed E-state index contributed by atoms with van der Waals surface area (Å²) in [7, 11) is 0. The van der Waals surface area contributed by atoms with Crippen LogP contribution in [-0.2, 0) is 0 Å². The molecule has 0 saturated heterocycles. The summed E-state index contributed by atoms with van der Waals surface area (Å²) in [6, 6.07) is 19.6. The van der Waals surface area contributed by atoms with E-state index in [9.17, 15) is 4.79 Å². The molecule has 0 aliphatic rings. The molecule has 0 amide bonds. The number of carbonyl (C=O) groups excluding carboxylic acids is 1. The van der Waals surface area contributed by atoms with Crippen molar-refractivity contribution >= 4 is 17.5 Å². The maximum atomic E-state index is 12.2. The van der Waals surface area contributed by atoms with E-state index in [0.29, 0.717) is 16.5 Å². The predicted molar refractivity (Wildman–Crippen MR) is 89.0 cm³/mol. The zero-order valence-corrected chi connectivity index (χ0v) is 12.7. The van der Waals surface area contributed by atoms with E-state index in [-0.39, 0.29) is 5.78 Å². The molecule has 0 saturated carbocycles. The van der Waals surface area contributed by atoms with Gasteiger partial charge >= 0.3 is 0 Å². The van der Waals surface area contributed by atoms with E-state index in [2.05, 4.69) is 22.1 Å². The van der Waals surface area contributed by atoms with Gasteiger partial charge in [0.2, 0.25) is 0 Å². The van der Waals surface area contributed by atoms with E-state index in [0.717, 1.165) is 11.1 Å². The van der Waals surface area contributed by atoms with Crippen LogP contribution in [0.5, 0.6) is 0 Å². The molecule has 0 atom stereocenters. The minimum Gasteiger partial charge on any atom is -0.293 e. The number of benzene rings is 2. The van der Waals surface area contributed by atoms with E-state index in [1.165, 1.54) is 11.8 Å². The Labute approximate surface area is 133 Å². The lowest BCUT2D eigenvalue weighted by Gasteiger charge is -2.04. The highest BCUT2D eigenvalue weighted by Crippen LogP contribution is 2.20. The van der Waals surface area contributed by atoms with Crippen LogP contribution in [0.15, 0.2) is 78.2 Å². The van der Waals surface area contributed by atoms with E-state index >= 15 is 0 Å². The van der Waals surface area contributed by atoms with Gasteiger partial charge in [-0.25, -0.2) is 9.97 Å². The van der Waals surface area contributed by atoms with Gasteiger partial charge in [0.1, 0.15) is 0 Å². The molecular formula is C18H14N2OS. The van der Waals surface area contributed by atoms with Gasteiger partial charge in [-0.3, -0.25) is 4.79 Å². The van der Waals surface area contributed by atoms with Crippen LogP contribution in [-0.4, -0.2) is 21.5 Å². The minimum atomic E-state index is 0.0806. The Hall–Kier alpha value is -2.46. The number of nitrogens with zero attached hydrogens (tertiary/aromatic N) is 2. The van der Waals surface area contributed by atoms with Crippen molar-refractivity contribution < 1.29 is 4.79 Å². The van der Waals surface area contributed by atoms with Gasteiger partial charge in [0.05, 0.1) is 5.75 Å². The monoisotopic (exact) mass is 306 g/mol. The molecule has 108 valence electrons. The van der Waals surface area contributed by atoms with Gasteiger partial charge < -0.3 is 0 Å². The van der Waals surface area contributed by atoms with Crippen molar-refractivity contribution in [3.63, 3.8) is 0 Å². The number of ketones is 1. The SMILES string of the molecule is O=C(CSc1ncccn1)c1ccc(-c2ccccc2)cc1. The van der Waals surface area contributed by atoms with Gasteiger partial charge in [-0.1, -0.05) is 66.4 Å². The molecule has 3 aromatic rings. The Balaban J connectivity index is 1.66. The quantitative estimate of drug-likeness (QED) is 0.404. The summed E-state index contributed by atoms with van der Waals surface area (Å²) in [5.41, 5.74) is 2.97. The molecule has 0 N–H and O–H groups in total. The Morgan fingerprint density at radius 3 is 2.14 bits per heavy atom. The fraction of sp³-hybridized carbons (Fsp3) is 0.0556. The normalized spacial score (nSPS) is 10.4. The molecule has 3 nitrogen and oxygen atoms in total. The highest BCUT2D eigenvalue weighted by Gasteiger charge is 2.08. The van der Waals surface area contributed by atoms with E-state index in [1.807, 2.05) is 42.5 Å².